The molecule has 1 unspecified atom stereocenters. The summed E-state index contributed by atoms with van der Waals surface area (Å²) in [5.41, 5.74) is 1.38. The molecule has 0 aromatic heterocycles. The number of rotatable bonds is 7. The van der Waals surface area contributed by atoms with Gasteiger partial charge in [0.15, 0.2) is 0 Å². The second-order valence-electron chi connectivity index (χ2n) is 6.42. The van der Waals surface area contributed by atoms with Gasteiger partial charge in [0.1, 0.15) is 0 Å². The first kappa shape index (κ1) is 21.1. The van der Waals surface area contributed by atoms with Gasteiger partial charge in [0, 0.05) is 9.79 Å². The Morgan fingerprint density at radius 3 is 2.19 bits per heavy atom. The van der Waals surface area contributed by atoms with Crippen LogP contribution in [0, 0.1) is 0 Å². The molecule has 2 aromatic rings. The van der Waals surface area contributed by atoms with E-state index in [0.29, 0.717) is 0 Å². The molecule has 1 heteroatoms. The van der Waals surface area contributed by atoms with Gasteiger partial charge in [-0.1, -0.05) is 73.7 Å². The predicted molar refractivity (Wildman–Crippen MR) is 124 cm³/mol. The third-order valence-corrected chi connectivity index (χ3v) is 8.85. The SMILES string of the molecule is C/C=C\C=C(/C)S(C(/C=C\C)=C/C)(c1ccccc1)c1cccc(CC)c1. The van der Waals surface area contributed by atoms with E-state index in [4.69, 9.17) is 0 Å². The molecule has 0 amide bonds. The molecule has 0 nitrogen and oxygen atoms in total. The molecular formula is C26H32S. The Morgan fingerprint density at radius 1 is 0.889 bits per heavy atom. The minimum absolute atomic E-state index is 1.05. The average molecular weight is 377 g/mol. The van der Waals surface area contributed by atoms with Crippen molar-refractivity contribution in [2.75, 3.05) is 0 Å². The zero-order valence-corrected chi connectivity index (χ0v) is 18.1. The van der Waals surface area contributed by atoms with Gasteiger partial charge in [0.2, 0.25) is 0 Å². The van der Waals surface area contributed by atoms with Crippen molar-refractivity contribution in [1.29, 1.82) is 0 Å². The van der Waals surface area contributed by atoms with Crippen LogP contribution in [0.1, 0.15) is 40.2 Å². The van der Waals surface area contributed by atoms with Crippen molar-refractivity contribution in [1.82, 2.24) is 0 Å². The molecule has 0 saturated heterocycles. The quantitative estimate of drug-likeness (QED) is 0.425. The zero-order chi connectivity index (χ0) is 19.7. The van der Waals surface area contributed by atoms with Crippen LogP contribution in [-0.4, -0.2) is 0 Å². The lowest BCUT2D eigenvalue weighted by molar-refractivity contribution is 1.12. The first-order chi connectivity index (χ1) is 13.1. The molecule has 0 heterocycles. The normalized spacial score (nSPS) is 16.6. The van der Waals surface area contributed by atoms with E-state index >= 15 is 0 Å². The van der Waals surface area contributed by atoms with E-state index in [2.05, 4.69) is 126 Å². The van der Waals surface area contributed by atoms with Gasteiger partial charge in [-0.15, -0.1) is 10.0 Å². The van der Waals surface area contributed by atoms with Crippen molar-refractivity contribution in [2.45, 2.75) is 50.8 Å². The lowest BCUT2D eigenvalue weighted by atomic mass is 10.2. The van der Waals surface area contributed by atoms with Gasteiger partial charge < -0.3 is 0 Å². The second kappa shape index (κ2) is 10.2. The Balaban J connectivity index is 2.97. The number of hydrogen-bond donors (Lipinski definition) is 0. The van der Waals surface area contributed by atoms with Crippen LogP contribution < -0.4 is 0 Å². The van der Waals surface area contributed by atoms with Crippen LogP contribution in [0.5, 0.6) is 0 Å². The standard InChI is InChI=1S/C26H32S/c1-6-10-16-22(5)27(24(9-4)15-7-2,25-18-12-11-13-19-25)26-20-14-17-23(8-3)21-26/h6-7,9-21H,8H2,1-5H3/b10-6-,15-7-,22-16+,24-9+. The maximum Gasteiger partial charge on any atom is 0.00225 e. The largest absolute Gasteiger partial charge is 0.137 e. The van der Waals surface area contributed by atoms with Crippen molar-refractivity contribution < 1.29 is 0 Å². The zero-order valence-electron chi connectivity index (χ0n) is 17.3. The minimum Gasteiger partial charge on any atom is -0.137 e. The molecule has 142 valence electrons. The molecule has 2 aromatic carbocycles. The number of aryl methyl sites for hydroxylation is 1. The summed E-state index contributed by atoms with van der Waals surface area (Å²) >= 11 is 0. The fourth-order valence-electron chi connectivity index (χ4n) is 3.42. The topological polar surface area (TPSA) is 0 Å². The average Bonchev–Trinajstić information content (AvgIpc) is 2.72. The maximum atomic E-state index is 2.41. The summed E-state index contributed by atoms with van der Waals surface area (Å²) in [6.07, 6.45) is 14.3. The van der Waals surface area contributed by atoms with Crippen molar-refractivity contribution >= 4 is 10.0 Å². The highest BCUT2D eigenvalue weighted by Gasteiger charge is 2.33. The van der Waals surface area contributed by atoms with Crippen molar-refractivity contribution in [3.63, 3.8) is 0 Å². The highest BCUT2D eigenvalue weighted by molar-refractivity contribution is 8.40. The fourth-order valence-corrected chi connectivity index (χ4v) is 7.50. The molecule has 0 aliphatic rings. The van der Waals surface area contributed by atoms with Crippen LogP contribution in [0.4, 0.5) is 0 Å². The molecule has 0 N–H and O–H groups in total. The van der Waals surface area contributed by atoms with Gasteiger partial charge >= 0.3 is 0 Å². The third-order valence-electron chi connectivity index (χ3n) is 4.73. The first-order valence-electron chi connectivity index (χ1n) is 9.71. The molecule has 0 bridgehead atoms. The highest BCUT2D eigenvalue weighted by Crippen LogP contribution is 2.73. The number of hydrogen-bond acceptors (Lipinski definition) is 0. The molecule has 0 radical (unpaired) electrons. The molecule has 27 heavy (non-hydrogen) atoms. The van der Waals surface area contributed by atoms with Crippen LogP contribution in [-0.2, 0) is 6.42 Å². The van der Waals surface area contributed by atoms with Crippen molar-refractivity contribution in [3.8, 4) is 0 Å². The van der Waals surface area contributed by atoms with Crippen LogP contribution in [0.3, 0.4) is 0 Å². The van der Waals surface area contributed by atoms with E-state index in [9.17, 15) is 0 Å². The number of benzene rings is 2. The predicted octanol–water partition coefficient (Wildman–Crippen LogP) is 8.43. The summed E-state index contributed by atoms with van der Waals surface area (Å²) in [5, 5.41) is 0. The Kier molecular flexibility index (Phi) is 7.94. The maximum absolute atomic E-state index is 2.41. The van der Waals surface area contributed by atoms with Crippen molar-refractivity contribution in [3.05, 3.63) is 106 Å². The Hall–Kier alpha value is -2.25. The fraction of sp³-hybridized carbons (Fsp3) is 0.231. The summed E-state index contributed by atoms with van der Waals surface area (Å²) in [5.74, 6) is 0. The lowest BCUT2D eigenvalue weighted by Gasteiger charge is -2.43. The molecule has 0 aliphatic heterocycles. The molecular weight excluding hydrogens is 344 g/mol. The first-order valence-corrected chi connectivity index (χ1v) is 11.3. The van der Waals surface area contributed by atoms with E-state index in [1.54, 1.807) is 0 Å². The summed E-state index contributed by atoms with van der Waals surface area (Å²) in [4.78, 5) is 5.55. The molecule has 1 atom stereocenters. The monoisotopic (exact) mass is 376 g/mol. The van der Waals surface area contributed by atoms with Crippen LogP contribution in [0.25, 0.3) is 0 Å². The Morgan fingerprint density at radius 2 is 1.59 bits per heavy atom. The minimum atomic E-state index is -1.51. The van der Waals surface area contributed by atoms with Crippen molar-refractivity contribution in [2.24, 2.45) is 0 Å². The highest BCUT2D eigenvalue weighted by atomic mass is 32.3. The second-order valence-corrected chi connectivity index (χ2v) is 9.70. The summed E-state index contributed by atoms with van der Waals surface area (Å²) in [6, 6.07) is 20.1. The van der Waals surface area contributed by atoms with Crippen LogP contribution in [0.2, 0.25) is 0 Å². The van der Waals surface area contributed by atoms with Gasteiger partial charge in [-0.05, 0) is 73.8 Å². The third kappa shape index (κ3) is 4.36. The lowest BCUT2D eigenvalue weighted by Crippen LogP contribution is -2.07. The van der Waals surface area contributed by atoms with E-state index in [1.165, 1.54) is 25.2 Å². The molecule has 2 rings (SSSR count). The Bertz CT molecular complexity index is 853. The van der Waals surface area contributed by atoms with Gasteiger partial charge in [-0.3, -0.25) is 0 Å². The molecule has 0 saturated carbocycles. The smallest absolute Gasteiger partial charge is 0.00225 e. The number of allylic oxidation sites excluding steroid dienone is 7. The van der Waals surface area contributed by atoms with E-state index in [-0.39, 0.29) is 0 Å². The van der Waals surface area contributed by atoms with E-state index < -0.39 is 10.0 Å². The van der Waals surface area contributed by atoms with Gasteiger partial charge in [0.25, 0.3) is 0 Å². The Labute approximate surface area is 167 Å². The van der Waals surface area contributed by atoms with E-state index in [1.807, 2.05) is 0 Å². The van der Waals surface area contributed by atoms with Crippen LogP contribution >= 0.6 is 10.0 Å². The van der Waals surface area contributed by atoms with Gasteiger partial charge in [-0.25, -0.2) is 0 Å². The van der Waals surface area contributed by atoms with Gasteiger partial charge in [-0.2, -0.15) is 0 Å². The summed E-state index contributed by atoms with van der Waals surface area (Å²) < 4.78 is 0. The van der Waals surface area contributed by atoms with Gasteiger partial charge in [0.05, 0.1) is 0 Å². The van der Waals surface area contributed by atoms with Crippen LogP contribution in [0.15, 0.2) is 111 Å². The summed E-state index contributed by atoms with van der Waals surface area (Å²) in [7, 11) is -1.51. The van der Waals surface area contributed by atoms with E-state index in [0.717, 1.165) is 6.42 Å². The molecule has 0 spiro atoms. The molecule has 0 fully saturated rings. The molecule has 0 aliphatic carbocycles. The summed E-state index contributed by atoms with van der Waals surface area (Å²) in [6.45, 7) is 10.8.